The van der Waals surface area contributed by atoms with Crippen molar-refractivity contribution in [1.82, 2.24) is 15.6 Å². The highest BCUT2D eigenvalue weighted by molar-refractivity contribution is 6.38. The second kappa shape index (κ2) is 8.77. The predicted octanol–water partition coefficient (Wildman–Crippen LogP) is 4.16. The minimum Gasteiger partial charge on any atom is -0.493 e. The first-order valence-corrected chi connectivity index (χ1v) is 8.84. The topological polar surface area (TPSA) is 88.6 Å². The van der Waals surface area contributed by atoms with E-state index >= 15 is 0 Å². The van der Waals surface area contributed by atoms with E-state index in [1.807, 2.05) is 6.07 Å². The van der Waals surface area contributed by atoms with Crippen LogP contribution in [0.5, 0.6) is 11.5 Å². The van der Waals surface area contributed by atoms with Gasteiger partial charge in [-0.2, -0.15) is 10.2 Å². The summed E-state index contributed by atoms with van der Waals surface area (Å²) in [6.07, 6.45) is 1.38. The van der Waals surface area contributed by atoms with Gasteiger partial charge >= 0.3 is 0 Å². The number of benzene rings is 2. The lowest BCUT2D eigenvalue weighted by Crippen LogP contribution is -2.18. The molecule has 144 valence electrons. The lowest BCUT2D eigenvalue weighted by molar-refractivity contribution is 0.0950. The largest absolute Gasteiger partial charge is 0.493 e. The number of aromatic amines is 1. The zero-order valence-electron chi connectivity index (χ0n) is 15.0. The van der Waals surface area contributed by atoms with Gasteiger partial charge in [0.05, 0.1) is 36.2 Å². The number of hydrogen-bond donors (Lipinski definition) is 2. The number of H-pyrrole nitrogens is 1. The summed E-state index contributed by atoms with van der Waals surface area (Å²) in [5, 5.41) is 11.6. The zero-order valence-corrected chi connectivity index (χ0v) is 16.5. The van der Waals surface area contributed by atoms with Gasteiger partial charge in [-0.05, 0) is 36.4 Å². The molecule has 9 heteroatoms. The first kappa shape index (κ1) is 19.7. The summed E-state index contributed by atoms with van der Waals surface area (Å²) in [4.78, 5) is 12.3. The molecular formula is C19H16Cl2N4O3. The third-order valence-electron chi connectivity index (χ3n) is 3.86. The van der Waals surface area contributed by atoms with Gasteiger partial charge in [0.15, 0.2) is 11.5 Å². The van der Waals surface area contributed by atoms with Crippen LogP contribution in [0.3, 0.4) is 0 Å². The average molecular weight is 419 g/mol. The number of carbonyl (C=O) groups is 1. The molecule has 2 aromatic carbocycles. The fourth-order valence-electron chi connectivity index (χ4n) is 2.43. The zero-order chi connectivity index (χ0) is 20.1. The Hall–Kier alpha value is -3.03. The van der Waals surface area contributed by atoms with Gasteiger partial charge in [-0.1, -0.05) is 29.3 Å². The van der Waals surface area contributed by atoms with E-state index < -0.39 is 5.91 Å². The minimum atomic E-state index is -0.460. The summed E-state index contributed by atoms with van der Waals surface area (Å²) < 4.78 is 10.5. The maximum Gasteiger partial charge on any atom is 0.289 e. The van der Waals surface area contributed by atoms with Crippen LogP contribution >= 0.6 is 23.2 Å². The van der Waals surface area contributed by atoms with Crippen LogP contribution in [0.25, 0.3) is 11.3 Å². The average Bonchev–Trinajstić information content (AvgIpc) is 3.20. The van der Waals surface area contributed by atoms with Crippen molar-refractivity contribution >= 4 is 35.3 Å². The van der Waals surface area contributed by atoms with E-state index in [0.29, 0.717) is 32.8 Å². The van der Waals surface area contributed by atoms with Crippen molar-refractivity contribution in [1.29, 1.82) is 0 Å². The molecule has 0 radical (unpaired) electrons. The molecule has 0 aliphatic rings. The summed E-state index contributed by atoms with van der Waals surface area (Å²) in [5.41, 5.74) is 4.50. The Morgan fingerprint density at radius 2 is 1.82 bits per heavy atom. The normalized spacial score (nSPS) is 10.9. The molecule has 0 aliphatic heterocycles. The van der Waals surface area contributed by atoms with E-state index in [9.17, 15) is 4.79 Å². The van der Waals surface area contributed by atoms with Crippen LogP contribution in [0.4, 0.5) is 0 Å². The first-order valence-electron chi connectivity index (χ1n) is 8.08. The molecule has 28 heavy (non-hydrogen) atoms. The number of aromatic nitrogens is 2. The highest BCUT2D eigenvalue weighted by atomic mass is 35.5. The SMILES string of the molecule is COc1ccc(-c2cc(C(=O)NN=Cc3c(Cl)cccc3Cl)[nH]n2)cc1OC. The number of hydrogen-bond acceptors (Lipinski definition) is 5. The van der Waals surface area contributed by atoms with Crippen LogP contribution in [0.15, 0.2) is 47.6 Å². The number of ether oxygens (including phenoxy) is 2. The van der Waals surface area contributed by atoms with Crippen molar-refractivity contribution in [2.75, 3.05) is 14.2 Å². The molecule has 1 amide bonds. The molecule has 0 aliphatic carbocycles. The summed E-state index contributed by atoms with van der Waals surface area (Å²) in [7, 11) is 3.11. The highest BCUT2D eigenvalue weighted by Crippen LogP contribution is 2.31. The van der Waals surface area contributed by atoms with Gasteiger partial charge in [-0.15, -0.1) is 0 Å². The molecule has 7 nitrogen and oxygen atoms in total. The molecule has 0 saturated carbocycles. The van der Waals surface area contributed by atoms with Crippen LogP contribution in [0.1, 0.15) is 16.1 Å². The second-order valence-corrected chi connectivity index (χ2v) is 6.39. The number of amides is 1. The number of rotatable bonds is 6. The standard InChI is InChI=1S/C19H16Cl2N4O3/c1-27-17-7-6-11(8-18(17)28-2)15-9-16(24-23-15)19(26)25-22-10-12-13(20)4-3-5-14(12)21/h3-10H,1-2H3,(H,23,24)(H,25,26). The Morgan fingerprint density at radius 1 is 1.11 bits per heavy atom. The summed E-state index contributed by atoms with van der Waals surface area (Å²) in [6, 6.07) is 12.0. The summed E-state index contributed by atoms with van der Waals surface area (Å²) >= 11 is 12.1. The van der Waals surface area contributed by atoms with E-state index in [1.165, 1.54) is 6.21 Å². The number of methoxy groups -OCH3 is 2. The van der Waals surface area contributed by atoms with Crippen LogP contribution in [-0.4, -0.2) is 36.5 Å². The number of carbonyl (C=O) groups excluding carboxylic acids is 1. The number of hydrazone groups is 1. The number of nitrogens with zero attached hydrogens (tertiary/aromatic N) is 2. The highest BCUT2D eigenvalue weighted by Gasteiger charge is 2.13. The fourth-order valence-corrected chi connectivity index (χ4v) is 2.93. The molecule has 3 aromatic rings. The van der Waals surface area contributed by atoms with Crippen molar-refractivity contribution in [3.05, 3.63) is 63.8 Å². The predicted molar refractivity (Wildman–Crippen MR) is 109 cm³/mol. The van der Waals surface area contributed by atoms with Gasteiger partial charge in [0.2, 0.25) is 0 Å². The molecular weight excluding hydrogens is 403 g/mol. The number of nitrogens with one attached hydrogen (secondary N) is 2. The van der Waals surface area contributed by atoms with E-state index in [0.717, 1.165) is 5.56 Å². The van der Waals surface area contributed by atoms with E-state index in [4.69, 9.17) is 32.7 Å². The fraction of sp³-hybridized carbons (Fsp3) is 0.105. The summed E-state index contributed by atoms with van der Waals surface area (Å²) in [5.74, 6) is 0.709. The summed E-state index contributed by atoms with van der Waals surface area (Å²) in [6.45, 7) is 0. The third kappa shape index (κ3) is 4.27. The Labute approximate surface area is 171 Å². The Balaban J connectivity index is 1.73. The first-order chi connectivity index (χ1) is 13.5. The molecule has 0 fully saturated rings. The molecule has 0 bridgehead atoms. The lowest BCUT2D eigenvalue weighted by Gasteiger charge is -2.08. The lowest BCUT2D eigenvalue weighted by atomic mass is 10.1. The van der Waals surface area contributed by atoms with Gasteiger partial charge in [0.1, 0.15) is 5.69 Å². The Bertz CT molecular complexity index is 1010. The molecule has 0 unspecified atom stereocenters. The van der Waals surface area contributed by atoms with E-state index in [1.54, 1.807) is 50.6 Å². The van der Waals surface area contributed by atoms with E-state index in [2.05, 4.69) is 20.7 Å². The van der Waals surface area contributed by atoms with Crippen molar-refractivity contribution in [2.45, 2.75) is 0 Å². The van der Waals surface area contributed by atoms with Crippen LogP contribution in [0.2, 0.25) is 10.0 Å². The molecule has 0 atom stereocenters. The van der Waals surface area contributed by atoms with Gasteiger partial charge < -0.3 is 9.47 Å². The van der Waals surface area contributed by atoms with E-state index in [-0.39, 0.29) is 5.69 Å². The van der Waals surface area contributed by atoms with Crippen molar-refractivity contribution in [3.8, 4) is 22.8 Å². The van der Waals surface area contributed by atoms with Gasteiger partial charge in [-0.3, -0.25) is 9.89 Å². The van der Waals surface area contributed by atoms with Gasteiger partial charge in [-0.25, -0.2) is 5.43 Å². The molecule has 1 heterocycles. The van der Waals surface area contributed by atoms with Crippen LogP contribution in [-0.2, 0) is 0 Å². The molecule has 3 rings (SSSR count). The van der Waals surface area contributed by atoms with Crippen LogP contribution in [0, 0.1) is 0 Å². The van der Waals surface area contributed by atoms with Gasteiger partial charge in [0, 0.05) is 11.1 Å². The number of halogens is 2. The van der Waals surface area contributed by atoms with Crippen molar-refractivity contribution < 1.29 is 14.3 Å². The monoisotopic (exact) mass is 418 g/mol. The minimum absolute atomic E-state index is 0.243. The van der Waals surface area contributed by atoms with Crippen LogP contribution < -0.4 is 14.9 Å². The van der Waals surface area contributed by atoms with Crippen molar-refractivity contribution in [2.24, 2.45) is 5.10 Å². The maximum absolute atomic E-state index is 12.3. The Morgan fingerprint density at radius 3 is 2.50 bits per heavy atom. The quantitative estimate of drug-likeness (QED) is 0.464. The molecule has 0 spiro atoms. The molecule has 2 N–H and O–H groups in total. The maximum atomic E-state index is 12.3. The van der Waals surface area contributed by atoms with Crippen molar-refractivity contribution in [3.63, 3.8) is 0 Å². The smallest absolute Gasteiger partial charge is 0.289 e. The Kier molecular flexibility index (Phi) is 6.18. The molecule has 1 aromatic heterocycles. The van der Waals surface area contributed by atoms with Gasteiger partial charge in [0.25, 0.3) is 5.91 Å². The molecule has 0 saturated heterocycles. The second-order valence-electron chi connectivity index (χ2n) is 5.57. The third-order valence-corrected chi connectivity index (χ3v) is 4.52.